The van der Waals surface area contributed by atoms with E-state index in [1.165, 1.54) is 108 Å². The molecule has 5 atom stereocenters. The van der Waals surface area contributed by atoms with E-state index in [-0.39, 0.29) is 11.2 Å². The lowest BCUT2D eigenvalue weighted by atomic mass is 9.90. The summed E-state index contributed by atoms with van der Waals surface area (Å²) < 4.78 is 11.1. The van der Waals surface area contributed by atoms with E-state index in [4.69, 9.17) is 9.47 Å². The van der Waals surface area contributed by atoms with Crippen molar-refractivity contribution in [2.45, 2.75) is 190 Å². The van der Waals surface area contributed by atoms with Crippen molar-refractivity contribution in [3.05, 3.63) is 36.0 Å². The lowest BCUT2D eigenvalue weighted by molar-refractivity contribution is 0.0126. The average molecular weight is 617 g/mol. The molecule has 0 radical (unpaired) electrons. The molecule has 0 saturated heterocycles. The second-order valence-electron chi connectivity index (χ2n) is 16.2. The van der Waals surface area contributed by atoms with Gasteiger partial charge in [-0.05, 0) is 122 Å². The molecule has 0 saturated carbocycles. The monoisotopic (exact) mass is 617 g/mol. The van der Waals surface area contributed by atoms with Gasteiger partial charge in [0.25, 0.3) is 0 Å². The molecule has 0 aromatic carbocycles. The van der Waals surface area contributed by atoms with Gasteiger partial charge in [-0.3, -0.25) is 0 Å². The van der Waals surface area contributed by atoms with Crippen molar-refractivity contribution < 1.29 is 9.47 Å². The van der Waals surface area contributed by atoms with Gasteiger partial charge in [0.1, 0.15) is 0 Å². The van der Waals surface area contributed by atoms with E-state index < -0.39 is 0 Å². The summed E-state index contributed by atoms with van der Waals surface area (Å²) >= 11 is 0. The lowest BCUT2D eigenvalue weighted by Crippen LogP contribution is -2.22. The molecule has 0 rings (SSSR count). The van der Waals surface area contributed by atoms with Crippen molar-refractivity contribution in [3.63, 3.8) is 0 Å². The minimum Gasteiger partial charge on any atom is -0.379 e. The van der Waals surface area contributed by atoms with Gasteiger partial charge in [0.2, 0.25) is 0 Å². The summed E-state index contributed by atoms with van der Waals surface area (Å²) in [5, 5.41) is 0. The molecule has 2 nitrogen and oxygen atoms in total. The fourth-order valence-electron chi connectivity index (χ4n) is 6.00. The fourth-order valence-corrected chi connectivity index (χ4v) is 6.00. The number of rotatable bonds is 28. The summed E-state index contributed by atoms with van der Waals surface area (Å²) in [6.07, 6.45) is 33.9. The second-order valence-corrected chi connectivity index (χ2v) is 16.2. The summed E-state index contributed by atoms with van der Waals surface area (Å²) in [6.45, 7) is 23.2. The van der Waals surface area contributed by atoms with Crippen LogP contribution in [0.15, 0.2) is 36.0 Å². The molecule has 5 unspecified atom stereocenters. The fraction of sp³-hybridized carbons (Fsp3) is 0.857. The van der Waals surface area contributed by atoms with Gasteiger partial charge in [-0.2, -0.15) is 0 Å². The van der Waals surface area contributed by atoms with Gasteiger partial charge in [0, 0.05) is 14.2 Å². The predicted molar refractivity (Wildman–Crippen MR) is 199 cm³/mol. The van der Waals surface area contributed by atoms with Crippen LogP contribution in [0.5, 0.6) is 0 Å². The Morgan fingerprint density at radius 1 is 0.568 bits per heavy atom. The first-order valence-corrected chi connectivity index (χ1v) is 18.8. The van der Waals surface area contributed by atoms with Crippen LogP contribution >= 0.6 is 0 Å². The molecule has 0 amide bonds. The molecule has 0 aromatic rings. The number of hydrogen-bond acceptors (Lipinski definition) is 2. The Bertz CT molecular complexity index is 758. The van der Waals surface area contributed by atoms with Gasteiger partial charge in [-0.1, -0.05) is 122 Å². The Hall–Kier alpha value is -0.860. The van der Waals surface area contributed by atoms with Gasteiger partial charge in [-0.25, -0.2) is 0 Å². The maximum atomic E-state index is 5.56. The molecule has 260 valence electrons. The van der Waals surface area contributed by atoms with Gasteiger partial charge in [0.15, 0.2) is 0 Å². The average Bonchev–Trinajstić information content (AvgIpc) is 2.95. The first-order chi connectivity index (χ1) is 20.7. The van der Waals surface area contributed by atoms with Crippen molar-refractivity contribution in [1.29, 1.82) is 0 Å². The molecule has 0 aliphatic rings. The van der Waals surface area contributed by atoms with Crippen molar-refractivity contribution in [2.75, 3.05) is 14.2 Å². The van der Waals surface area contributed by atoms with Gasteiger partial charge in [-0.15, -0.1) is 0 Å². The number of methoxy groups -OCH3 is 2. The Morgan fingerprint density at radius 3 is 1.59 bits per heavy atom. The molecule has 0 spiro atoms. The van der Waals surface area contributed by atoms with E-state index in [9.17, 15) is 0 Å². The maximum Gasteiger partial charge on any atom is 0.0622 e. The largest absolute Gasteiger partial charge is 0.379 e. The van der Waals surface area contributed by atoms with Crippen LogP contribution in [0.1, 0.15) is 178 Å². The molecule has 0 aromatic heterocycles. The molecular weight excluding hydrogens is 536 g/mol. The van der Waals surface area contributed by atoms with Crippen LogP contribution in [0, 0.1) is 29.6 Å². The van der Waals surface area contributed by atoms with Crippen LogP contribution in [0.2, 0.25) is 0 Å². The third-order valence-electron chi connectivity index (χ3n) is 10.1. The van der Waals surface area contributed by atoms with E-state index in [0.717, 1.165) is 30.1 Å². The van der Waals surface area contributed by atoms with Crippen LogP contribution in [0.25, 0.3) is 0 Å². The standard InChI is InChI=1S/C42H80O2/c1-35(23-15-25-37(3)27-17-29-39(5)31-19-33-41(7,8)43-11)21-13-14-22-36(2)24-16-26-38(4)28-18-30-40(6)32-20-34-42(9,10)44-12/h13-15,23,29,35-38,40H,16-22,24-28,30-34H2,1-12H3/b14-13+,23-15+,39-29+. The van der Waals surface area contributed by atoms with Gasteiger partial charge >= 0.3 is 0 Å². The summed E-state index contributed by atoms with van der Waals surface area (Å²) in [4.78, 5) is 0. The van der Waals surface area contributed by atoms with Crippen molar-refractivity contribution in [3.8, 4) is 0 Å². The quantitative estimate of drug-likeness (QED) is 0.0814. The lowest BCUT2D eigenvalue weighted by Gasteiger charge is -2.23. The third kappa shape index (κ3) is 26.4. The van der Waals surface area contributed by atoms with Crippen LogP contribution < -0.4 is 0 Å². The minimum atomic E-state index is 0.00690. The smallest absolute Gasteiger partial charge is 0.0622 e. The normalized spacial score (nSPS) is 17.0. The summed E-state index contributed by atoms with van der Waals surface area (Å²) in [5.74, 6) is 3.91. The highest BCUT2D eigenvalue weighted by molar-refractivity contribution is 4.98. The zero-order chi connectivity index (χ0) is 33.4. The maximum absolute atomic E-state index is 5.56. The highest BCUT2D eigenvalue weighted by Gasteiger charge is 2.17. The highest BCUT2D eigenvalue weighted by Crippen LogP contribution is 2.25. The van der Waals surface area contributed by atoms with Crippen molar-refractivity contribution in [1.82, 2.24) is 0 Å². The topological polar surface area (TPSA) is 18.5 Å². The van der Waals surface area contributed by atoms with Crippen molar-refractivity contribution in [2.24, 2.45) is 29.6 Å². The summed E-state index contributed by atoms with van der Waals surface area (Å²) in [5.41, 5.74) is 1.58. The molecule has 0 aliphatic carbocycles. The summed E-state index contributed by atoms with van der Waals surface area (Å²) in [7, 11) is 3.65. The number of ether oxygens (including phenoxy) is 2. The zero-order valence-electron chi connectivity index (χ0n) is 32.1. The Kier molecular flexibility index (Phi) is 24.8. The van der Waals surface area contributed by atoms with Gasteiger partial charge < -0.3 is 9.47 Å². The molecule has 44 heavy (non-hydrogen) atoms. The highest BCUT2D eigenvalue weighted by atomic mass is 16.5. The van der Waals surface area contributed by atoms with E-state index in [0.29, 0.717) is 5.92 Å². The van der Waals surface area contributed by atoms with E-state index >= 15 is 0 Å². The predicted octanol–water partition coefficient (Wildman–Crippen LogP) is 13.7. The van der Waals surface area contributed by atoms with Crippen LogP contribution in [-0.4, -0.2) is 25.4 Å². The van der Waals surface area contributed by atoms with Crippen LogP contribution in [0.4, 0.5) is 0 Å². The number of hydrogen-bond donors (Lipinski definition) is 0. The Morgan fingerprint density at radius 2 is 1.02 bits per heavy atom. The molecule has 0 fully saturated rings. The molecule has 2 heteroatoms. The van der Waals surface area contributed by atoms with Crippen LogP contribution in [-0.2, 0) is 9.47 Å². The SMILES string of the molecule is COC(C)(C)CCC/C(C)=C/CCC(C)C/C=C/C(C)C/C=C/CC(C)CCCC(C)CCCC(C)CCCC(C)(C)OC. The molecular formula is C42H80O2. The van der Waals surface area contributed by atoms with E-state index in [1.807, 2.05) is 14.2 Å². The molecule has 0 bridgehead atoms. The van der Waals surface area contributed by atoms with Crippen molar-refractivity contribution >= 4 is 0 Å². The third-order valence-corrected chi connectivity index (χ3v) is 10.1. The van der Waals surface area contributed by atoms with Crippen LogP contribution in [0.3, 0.4) is 0 Å². The Labute approximate surface area is 278 Å². The van der Waals surface area contributed by atoms with Gasteiger partial charge in [0.05, 0.1) is 11.2 Å². The Balaban J connectivity index is 3.93. The molecule has 0 N–H and O–H groups in total. The molecule has 0 aliphatic heterocycles. The number of allylic oxidation sites excluding steroid dienone is 6. The molecule has 0 heterocycles. The summed E-state index contributed by atoms with van der Waals surface area (Å²) in [6, 6.07) is 0. The zero-order valence-corrected chi connectivity index (χ0v) is 32.1. The minimum absolute atomic E-state index is 0.00690. The first kappa shape index (κ1) is 43.1. The second kappa shape index (κ2) is 25.3. The van der Waals surface area contributed by atoms with E-state index in [2.05, 4.69) is 99.6 Å². The first-order valence-electron chi connectivity index (χ1n) is 18.8. The van der Waals surface area contributed by atoms with E-state index in [1.54, 1.807) is 0 Å².